The van der Waals surface area contributed by atoms with Gasteiger partial charge < -0.3 is 24.2 Å². The number of phenols is 1. The molecule has 3 aromatic rings. The van der Waals surface area contributed by atoms with Crippen LogP contribution >= 0.6 is 0 Å². The van der Waals surface area contributed by atoms with Crippen LogP contribution in [0.2, 0.25) is 0 Å². The van der Waals surface area contributed by atoms with Gasteiger partial charge in [-0.1, -0.05) is 36.4 Å². The predicted molar refractivity (Wildman–Crippen MR) is 155 cm³/mol. The van der Waals surface area contributed by atoms with Crippen LogP contribution in [0.3, 0.4) is 0 Å². The highest BCUT2D eigenvalue weighted by atomic mass is 19.1. The van der Waals surface area contributed by atoms with Crippen molar-refractivity contribution in [1.82, 2.24) is 0 Å². The van der Waals surface area contributed by atoms with Crippen molar-refractivity contribution in [2.75, 3.05) is 39.3 Å². The lowest BCUT2D eigenvalue weighted by Crippen LogP contribution is -2.50. The molecule has 1 spiro atoms. The maximum Gasteiger partial charge on any atom is 0.159 e. The lowest BCUT2D eigenvalue weighted by atomic mass is 9.57. The van der Waals surface area contributed by atoms with E-state index in [9.17, 15) is 5.11 Å². The number of hydrogen-bond donors (Lipinski definition) is 1. The number of anilines is 1. The maximum absolute atomic E-state index is 16.1. The highest BCUT2D eigenvalue weighted by molar-refractivity contribution is 5.59. The third-order valence-corrected chi connectivity index (χ3v) is 9.86. The minimum Gasteiger partial charge on any atom is -0.508 e. The second-order valence-corrected chi connectivity index (χ2v) is 12.0. The molecule has 212 valence electrons. The number of aryl methyl sites for hydroxylation is 1. The van der Waals surface area contributed by atoms with E-state index in [1.807, 2.05) is 24.3 Å². The lowest BCUT2D eigenvalue weighted by molar-refractivity contribution is -0.184. The molecule has 6 rings (SSSR count). The SMILES string of the molecule is COc1cc(N2CCC3(CC2)CC(C(OC)OC)C3)c(F)cc1C1c2ccc(O)cc2CCC1c1ccccc1. The summed E-state index contributed by atoms with van der Waals surface area (Å²) in [7, 11) is 5.10. The van der Waals surface area contributed by atoms with E-state index in [2.05, 4.69) is 29.2 Å². The summed E-state index contributed by atoms with van der Waals surface area (Å²) in [4.78, 5) is 2.19. The van der Waals surface area contributed by atoms with Crippen molar-refractivity contribution in [3.63, 3.8) is 0 Å². The Morgan fingerprint density at radius 1 is 0.925 bits per heavy atom. The molecule has 2 unspecified atom stereocenters. The smallest absolute Gasteiger partial charge is 0.159 e. The van der Waals surface area contributed by atoms with E-state index in [1.54, 1.807) is 33.5 Å². The zero-order valence-corrected chi connectivity index (χ0v) is 23.7. The second kappa shape index (κ2) is 11.1. The summed E-state index contributed by atoms with van der Waals surface area (Å²) >= 11 is 0. The zero-order valence-electron chi connectivity index (χ0n) is 23.7. The molecule has 0 radical (unpaired) electrons. The van der Waals surface area contributed by atoms with Gasteiger partial charge in [0.2, 0.25) is 0 Å². The molecule has 3 aromatic carbocycles. The number of benzene rings is 3. The minimum atomic E-state index is -0.199. The van der Waals surface area contributed by atoms with Crippen LogP contribution < -0.4 is 9.64 Å². The quantitative estimate of drug-likeness (QED) is 0.324. The number of rotatable bonds is 7. The van der Waals surface area contributed by atoms with Crippen molar-refractivity contribution < 1.29 is 23.7 Å². The van der Waals surface area contributed by atoms with Gasteiger partial charge in [0.15, 0.2) is 6.29 Å². The Hall–Kier alpha value is -3.09. The Morgan fingerprint density at radius 2 is 1.65 bits per heavy atom. The first-order valence-electron chi connectivity index (χ1n) is 14.5. The number of aromatic hydroxyl groups is 1. The van der Waals surface area contributed by atoms with Gasteiger partial charge in [-0.2, -0.15) is 0 Å². The van der Waals surface area contributed by atoms with Gasteiger partial charge in [-0.25, -0.2) is 4.39 Å². The van der Waals surface area contributed by atoms with Crippen LogP contribution in [0, 0.1) is 17.2 Å². The van der Waals surface area contributed by atoms with Gasteiger partial charge in [-0.3, -0.25) is 0 Å². The molecule has 0 bridgehead atoms. The van der Waals surface area contributed by atoms with E-state index in [4.69, 9.17) is 14.2 Å². The number of hydrogen-bond acceptors (Lipinski definition) is 5. The van der Waals surface area contributed by atoms with Crippen molar-refractivity contribution in [1.29, 1.82) is 0 Å². The van der Waals surface area contributed by atoms with Crippen LogP contribution in [0.25, 0.3) is 0 Å². The molecular weight excluding hydrogens is 505 g/mol. The Morgan fingerprint density at radius 3 is 2.33 bits per heavy atom. The highest BCUT2D eigenvalue weighted by Crippen LogP contribution is 2.55. The first-order valence-corrected chi connectivity index (χ1v) is 14.5. The number of nitrogens with zero attached hydrogens (tertiary/aromatic N) is 1. The van der Waals surface area contributed by atoms with Gasteiger partial charge in [0.05, 0.1) is 12.8 Å². The number of fused-ring (bicyclic) bond motifs is 1. The van der Waals surface area contributed by atoms with E-state index >= 15 is 4.39 Å². The van der Waals surface area contributed by atoms with Gasteiger partial charge in [0.1, 0.15) is 17.3 Å². The van der Waals surface area contributed by atoms with Gasteiger partial charge in [0.25, 0.3) is 0 Å². The molecule has 6 heteroatoms. The summed E-state index contributed by atoms with van der Waals surface area (Å²) in [6, 6.07) is 19.7. The van der Waals surface area contributed by atoms with Crippen molar-refractivity contribution >= 4 is 5.69 Å². The lowest BCUT2D eigenvalue weighted by Gasteiger charge is -2.54. The Bertz CT molecular complexity index is 1330. The predicted octanol–water partition coefficient (Wildman–Crippen LogP) is 7.02. The van der Waals surface area contributed by atoms with E-state index in [1.165, 1.54) is 5.56 Å². The molecule has 0 aromatic heterocycles. The van der Waals surface area contributed by atoms with Crippen molar-refractivity contribution in [3.05, 3.63) is 88.7 Å². The van der Waals surface area contributed by atoms with Gasteiger partial charge in [0, 0.05) is 50.8 Å². The molecule has 1 saturated heterocycles. The first-order chi connectivity index (χ1) is 19.4. The first kappa shape index (κ1) is 27.1. The fourth-order valence-corrected chi connectivity index (χ4v) is 7.83. The topological polar surface area (TPSA) is 51.2 Å². The summed E-state index contributed by atoms with van der Waals surface area (Å²) in [5, 5.41) is 10.2. The largest absolute Gasteiger partial charge is 0.508 e. The van der Waals surface area contributed by atoms with E-state index in [0.29, 0.717) is 17.0 Å². The van der Waals surface area contributed by atoms with Gasteiger partial charge >= 0.3 is 0 Å². The van der Waals surface area contributed by atoms with Crippen molar-refractivity contribution in [2.24, 2.45) is 11.3 Å². The van der Waals surface area contributed by atoms with E-state index in [0.717, 1.165) is 74.1 Å². The van der Waals surface area contributed by atoms with Gasteiger partial charge in [-0.15, -0.1) is 0 Å². The Kier molecular flexibility index (Phi) is 7.49. The van der Waals surface area contributed by atoms with E-state index in [-0.39, 0.29) is 29.7 Å². The normalized spacial score (nSPS) is 22.3. The van der Waals surface area contributed by atoms with Crippen LogP contribution in [0.15, 0.2) is 60.7 Å². The molecule has 1 N–H and O–H groups in total. The van der Waals surface area contributed by atoms with Crippen LogP contribution in [-0.2, 0) is 15.9 Å². The Balaban J connectivity index is 1.29. The molecule has 1 saturated carbocycles. The molecule has 3 aliphatic rings. The van der Waals surface area contributed by atoms with Crippen LogP contribution in [0.1, 0.15) is 66.2 Å². The third kappa shape index (κ3) is 4.86. The van der Waals surface area contributed by atoms with Crippen molar-refractivity contribution in [2.45, 2.75) is 56.7 Å². The summed E-state index contributed by atoms with van der Waals surface area (Å²) < 4.78 is 33.0. The fraction of sp³-hybridized carbons (Fsp3) is 0.471. The molecule has 40 heavy (non-hydrogen) atoms. The number of methoxy groups -OCH3 is 3. The standard InChI is InChI=1S/C34H40FNO4/c1-38-31-19-30(36-15-13-34(14-16-36)20-24(21-34)33(39-2)40-3)29(35)18-28(31)32-26(22-7-5-4-6-8-22)11-9-23-17-25(37)10-12-27(23)32/h4-8,10,12,17-19,24,26,32-33,37H,9,11,13-16,20-21H2,1-3H3. The summed E-state index contributed by atoms with van der Waals surface area (Å²) in [5.74, 6) is 1.34. The van der Waals surface area contributed by atoms with Crippen molar-refractivity contribution in [3.8, 4) is 11.5 Å². The van der Waals surface area contributed by atoms with Crippen LogP contribution in [0.5, 0.6) is 11.5 Å². The fourth-order valence-electron chi connectivity index (χ4n) is 7.83. The monoisotopic (exact) mass is 545 g/mol. The highest BCUT2D eigenvalue weighted by Gasteiger charge is 2.49. The molecule has 0 amide bonds. The van der Waals surface area contributed by atoms with Crippen LogP contribution in [-0.4, -0.2) is 45.8 Å². The molecule has 2 aliphatic carbocycles. The molecule has 2 fully saturated rings. The number of halogens is 1. The number of ether oxygens (including phenoxy) is 3. The molecule has 1 heterocycles. The van der Waals surface area contributed by atoms with E-state index < -0.39 is 0 Å². The Labute approximate surface area is 236 Å². The summed E-state index contributed by atoms with van der Waals surface area (Å²) in [5.41, 5.74) is 5.29. The average molecular weight is 546 g/mol. The molecular formula is C34H40FNO4. The molecule has 2 atom stereocenters. The molecule has 5 nitrogen and oxygen atoms in total. The average Bonchev–Trinajstić information content (AvgIpc) is 2.97. The third-order valence-electron chi connectivity index (χ3n) is 9.86. The molecule has 1 aliphatic heterocycles. The number of piperidine rings is 1. The minimum absolute atomic E-state index is 0.0729. The maximum atomic E-state index is 16.1. The second-order valence-electron chi connectivity index (χ2n) is 12.0. The van der Waals surface area contributed by atoms with Crippen LogP contribution in [0.4, 0.5) is 10.1 Å². The number of phenolic OH excluding ortho intramolecular Hbond substituents is 1. The summed E-state index contributed by atoms with van der Waals surface area (Å²) in [6.45, 7) is 1.66. The van der Waals surface area contributed by atoms with Gasteiger partial charge in [-0.05, 0) is 84.7 Å². The zero-order chi connectivity index (χ0) is 27.9. The summed E-state index contributed by atoms with van der Waals surface area (Å²) in [6.07, 6.45) is 5.96.